The summed E-state index contributed by atoms with van der Waals surface area (Å²) in [6.07, 6.45) is 2.10. The topological polar surface area (TPSA) is 54.5 Å². The zero-order valence-electron chi connectivity index (χ0n) is 14.6. The number of cyclic esters (lactones) is 1. The van der Waals surface area contributed by atoms with Gasteiger partial charge in [0, 0.05) is 43.5 Å². The number of nitrogens with zero attached hydrogens (tertiary/aromatic N) is 2. The van der Waals surface area contributed by atoms with Crippen molar-refractivity contribution in [1.82, 2.24) is 10.3 Å². The fraction of sp³-hybridized carbons (Fsp3) is 0.400. The Kier molecular flexibility index (Phi) is 4.17. The number of benzene rings is 1. The number of carbonyl (C=O) groups is 1. The summed E-state index contributed by atoms with van der Waals surface area (Å²) in [5, 5.41) is 3.53. The van der Waals surface area contributed by atoms with Crippen LogP contribution >= 0.6 is 0 Å². The van der Waals surface area contributed by atoms with Gasteiger partial charge in [0.25, 0.3) is 0 Å². The Morgan fingerprint density at radius 2 is 1.96 bits per heavy atom. The normalized spacial score (nSPS) is 26.1. The third-order valence-electron chi connectivity index (χ3n) is 4.91. The van der Waals surface area contributed by atoms with E-state index in [9.17, 15) is 4.79 Å². The van der Waals surface area contributed by atoms with Gasteiger partial charge in [0.05, 0.1) is 11.3 Å². The second kappa shape index (κ2) is 6.48. The number of pyridine rings is 1. The van der Waals surface area contributed by atoms with E-state index >= 15 is 0 Å². The average Bonchev–Trinajstić information content (AvgIpc) is 2.61. The first-order valence-corrected chi connectivity index (χ1v) is 8.86. The molecule has 0 amide bonds. The van der Waals surface area contributed by atoms with Crippen LogP contribution in [0, 0.1) is 0 Å². The van der Waals surface area contributed by atoms with Crippen LogP contribution < -0.4 is 10.2 Å². The molecule has 0 spiro atoms. The van der Waals surface area contributed by atoms with Crippen LogP contribution in [0.4, 0.5) is 5.69 Å². The number of ether oxygens (including phenoxy) is 1. The van der Waals surface area contributed by atoms with E-state index in [-0.39, 0.29) is 12.1 Å². The lowest BCUT2D eigenvalue weighted by Crippen LogP contribution is -2.54. The Balaban J connectivity index is 1.59. The van der Waals surface area contributed by atoms with E-state index in [4.69, 9.17) is 4.74 Å². The van der Waals surface area contributed by atoms with Crippen molar-refractivity contribution >= 4 is 11.7 Å². The number of esters is 1. The Bertz CT molecular complexity index is 768. The van der Waals surface area contributed by atoms with Crippen molar-refractivity contribution < 1.29 is 9.53 Å². The highest BCUT2D eigenvalue weighted by Crippen LogP contribution is 2.32. The fourth-order valence-electron chi connectivity index (χ4n) is 3.83. The van der Waals surface area contributed by atoms with Gasteiger partial charge in [-0.1, -0.05) is 12.1 Å². The van der Waals surface area contributed by atoms with E-state index in [1.807, 2.05) is 24.3 Å². The van der Waals surface area contributed by atoms with Crippen molar-refractivity contribution in [3.05, 3.63) is 59.4 Å². The largest absolute Gasteiger partial charge is 0.452 e. The van der Waals surface area contributed by atoms with E-state index in [1.165, 1.54) is 0 Å². The molecule has 2 aliphatic heterocycles. The first-order valence-electron chi connectivity index (χ1n) is 8.86. The second-order valence-corrected chi connectivity index (χ2v) is 7.07. The number of nitrogens with one attached hydrogen (secondary N) is 1. The molecular weight excluding hydrogens is 314 g/mol. The lowest BCUT2D eigenvalue weighted by Gasteiger charge is -2.38. The Labute approximate surface area is 148 Å². The van der Waals surface area contributed by atoms with Gasteiger partial charge >= 0.3 is 5.97 Å². The van der Waals surface area contributed by atoms with Crippen LogP contribution in [0.25, 0.3) is 0 Å². The van der Waals surface area contributed by atoms with Crippen molar-refractivity contribution in [3.8, 4) is 0 Å². The highest BCUT2D eigenvalue weighted by molar-refractivity contribution is 5.93. The van der Waals surface area contributed by atoms with Gasteiger partial charge in [-0.3, -0.25) is 4.98 Å². The Hall–Kier alpha value is -2.40. The number of hydrogen-bond donors (Lipinski definition) is 1. The van der Waals surface area contributed by atoms with Gasteiger partial charge in [-0.2, -0.15) is 0 Å². The van der Waals surface area contributed by atoms with Crippen molar-refractivity contribution in [3.63, 3.8) is 0 Å². The van der Waals surface area contributed by atoms with Crippen LogP contribution in [-0.4, -0.2) is 36.1 Å². The van der Waals surface area contributed by atoms with Crippen LogP contribution in [0.15, 0.2) is 42.6 Å². The molecule has 0 radical (unpaired) electrons. The number of fused-ring (bicyclic) bond motifs is 1. The molecule has 0 saturated carbocycles. The van der Waals surface area contributed by atoms with Gasteiger partial charge in [0.15, 0.2) is 0 Å². The molecule has 25 heavy (non-hydrogen) atoms. The van der Waals surface area contributed by atoms with Crippen LogP contribution in [0.3, 0.4) is 0 Å². The summed E-state index contributed by atoms with van der Waals surface area (Å²) >= 11 is 0. The van der Waals surface area contributed by atoms with Gasteiger partial charge in [-0.15, -0.1) is 0 Å². The molecule has 1 fully saturated rings. The minimum Gasteiger partial charge on any atom is -0.452 e. The Morgan fingerprint density at radius 3 is 2.68 bits per heavy atom. The third-order valence-corrected chi connectivity index (χ3v) is 4.91. The highest BCUT2D eigenvalue weighted by atomic mass is 16.5. The van der Waals surface area contributed by atoms with Crippen molar-refractivity contribution in [2.45, 2.75) is 38.5 Å². The van der Waals surface area contributed by atoms with Gasteiger partial charge in [-0.05, 0) is 43.7 Å². The molecule has 1 aromatic heterocycles. The van der Waals surface area contributed by atoms with Gasteiger partial charge in [0.2, 0.25) is 0 Å². The standard InChI is InChI=1S/C20H23N3O2/c1-13-11-23(12-14(2)22-13)16-7-6-15-9-19(18-5-3-4-8-21-18)25-20(24)17(15)10-16/h3-8,10,13-14,19,22H,9,11-12H2,1-2H3/t13-,14+,19?. The lowest BCUT2D eigenvalue weighted by atomic mass is 9.95. The molecule has 1 saturated heterocycles. The number of piperazine rings is 1. The summed E-state index contributed by atoms with van der Waals surface area (Å²) < 4.78 is 5.65. The summed E-state index contributed by atoms with van der Waals surface area (Å²) in [5.41, 5.74) is 3.61. The zero-order chi connectivity index (χ0) is 17.4. The molecule has 0 aliphatic carbocycles. The maximum atomic E-state index is 12.6. The molecule has 1 N–H and O–H groups in total. The van der Waals surface area contributed by atoms with E-state index in [0.29, 0.717) is 24.1 Å². The molecule has 3 atom stereocenters. The molecule has 1 aromatic carbocycles. The summed E-state index contributed by atoms with van der Waals surface area (Å²) in [5.74, 6) is -0.255. The molecular formula is C20H23N3O2. The monoisotopic (exact) mass is 337 g/mol. The molecule has 2 aromatic rings. The first-order chi connectivity index (χ1) is 12.1. The molecule has 1 unspecified atom stereocenters. The highest BCUT2D eigenvalue weighted by Gasteiger charge is 2.29. The fourth-order valence-corrected chi connectivity index (χ4v) is 3.83. The molecule has 130 valence electrons. The van der Waals surface area contributed by atoms with Crippen LogP contribution in [0.1, 0.15) is 41.6 Å². The predicted octanol–water partition coefficient (Wildman–Crippen LogP) is 2.72. The first kappa shape index (κ1) is 16.1. The smallest absolute Gasteiger partial charge is 0.339 e. The number of anilines is 1. The second-order valence-electron chi connectivity index (χ2n) is 7.07. The predicted molar refractivity (Wildman–Crippen MR) is 96.8 cm³/mol. The molecule has 3 heterocycles. The third kappa shape index (κ3) is 3.24. The summed E-state index contributed by atoms with van der Waals surface area (Å²) in [4.78, 5) is 19.2. The van der Waals surface area contributed by atoms with Crippen molar-refractivity contribution in [2.24, 2.45) is 0 Å². The number of rotatable bonds is 2. The number of carbonyl (C=O) groups excluding carboxylic acids is 1. The van der Waals surface area contributed by atoms with Gasteiger partial charge in [0.1, 0.15) is 6.10 Å². The quantitative estimate of drug-likeness (QED) is 0.854. The maximum Gasteiger partial charge on any atom is 0.339 e. The van der Waals surface area contributed by atoms with E-state index in [1.54, 1.807) is 6.20 Å². The average molecular weight is 337 g/mol. The Morgan fingerprint density at radius 1 is 1.16 bits per heavy atom. The van der Waals surface area contributed by atoms with Gasteiger partial charge in [-0.25, -0.2) is 4.79 Å². The molecule has 4 rings (SSSR count). The minimum absolute atomic E-state index is 0.255. The summed E-state index contributed by atoms with van der Waals surface area (Å²) in [6.45, 7) is 6.25. The molecule has 5 heteroatoms. The van der Waals surface area contributed by atoms with E-state index in [2.05, 4.69) is 41.2 Å². The summed E-state index contributed by atoms with van der Waals surface area (Å²) in [7, 11) is 0. The molecule has 5 nitrogen and oxygen atoms in total. The van der Waals surface area contributed by atoms with E-state index < -0.39 is 0 Å². The van der Waals surface area contributed by atoms with E-state index in [0.717, 1.165) is 30.0 Å². The van der Waals surface area contributed by atoms with Crippen molar-refractivity contribution in [2.75, 3.05) is 18.0 Å². The SMILES string of the molecule is C[C@@H]1CN(c2ccc3c(c2)C(=O)OC(c2ccccn2)C3)C[C@H](C)N1. The lowest BCUT2D eigenvalue weighted by molar-refractivity contribution is 0.0243. The van der Waals surface area contributed by atoms with Crippen LogP contribution in [0.5, 0.6) is 0 Å². The number of hydrogen-bond acceptors (Lipinski definition) is 5. The minimum atomic E-state index is -0.300. The van der Waals surface area contributed by atoms with Crippen LogP contribution in [0.2, 0.25) is 0 Å². The molecule has 0 bridgehead atoms. The van der Waals surface area contributed by atoms with Crippen molar-refractivity contribution in [1.29, 1.82) is 0 Å². The number of aromatic nitrogens is 1. The van der Waals surface area contributed by atoms with Crippen LogP contribution in [-0.2, 0) is 11.2 Å². The summed E-state index contributed by atoms with van der Waals surface area (Å²) in [6, 6.07) is 12.7. The van der Waals surface area contributed by atoms with Gasteiger partial charge < -0.3 is 15.0 Å². The molecule has 2 aliphatic rings. The zero-order valence-corrected chi connectivity index (χ0v) is 14.6. The maximum absolute atomic E-state index is 12.6.